The molecule has 0 atom stereocenters. The standard InChI is InChI=1S/C31H27NO3/c1-34-31(33)16-12-22-11-15-30(28(19-22)24-13-14-29-25(20-24)17-18-32-29)35-21-26-9-5-6-10-27(26)23-7-3-2-4-8-23/h2-11,13-15,17-20,32H,12,16,21H2,1H3. The fourth-order valence-corrected chi connectivity index (χ4v) is 4.35. The summed E-state index contributed by atoms with van der Waals surface area (Å²) in [5, 5.41) is 1.14. The fraction of sp³-hybridized carbons (Fsp3) is 0.129. The van der Waals surface area contributed by atoms with Gasteiger partial charge in [0.25, 0.3) is 0 Å². The molecular weight excluding hydrogens is 434 g/mol. The quantitative estimate of drug-likeness (QED) is 0.249. The number of H-pyrrole nitrogens is 1. The van der Waals surface area contributed by atoms with Crippen molar-refractivity contribution in [3.8, 4) is 28.0 Å². The molecule has 1 N–H and O–H groups in total. The third kappa shape index (κ3) is 5.12. The molecule has 35 heavy (non-hydrogen) atoms. The summed E-state index contributed by atoms with van der Waals surface area (Å²) in [6.45, 7) is 0.450. The van der Waals surface area contributed by atoms with Crippen LogP contribution in [-0.4, -0.2) is 18.1 Å². The van der Waals surface area contributed by atoms with Crippen molar-refractivity contribution >= 4 is 16.9 Å². The molecule has 0 bridgehead atoms. The summed E-state index contributed by atoms with van der Waals surface area (Å²) >= 11 is 0. The Balaban J connectivity index is 1.47. The molecule has 0 radical (unpaired) electrons. The van der Waals surface area contributed by atoms with Gasteiger partial charge in [-0.05, 0) is 70.0 Å². The Kier molecular flexibility index (Phi) is 6.62. The van der Waals surface area contributed by atoms with E-state index in [2.05, 4.69) is 77.8 Å². The number of aromatic amines is 1. The van der Waals surface area contributed by atoms with Crippen LogP contribution >= 0.6 is 0 Å². The number of fused-ring (bicyclic) bond motifs is 1. The summed E-state index contributed by atoms with van der Waals surface area (Å²) in [6.07, 6.45) is 2.90. The molecule has 1 heterocycles. The second kappa shape index (κ2) is 10.3. The number of hydrogen-bond acceptors (Lipinski definition) is 3. The summed E-state index contributed by atoms with van der Waals surface area (Å²) in [5.41, 5.74) is 7.70. The molecular formula is C31H27NO3. The van der Waals surface area contributed by atoms with Crippen molar-refractivity contribution in [3.05, 3.63) is 114 Å². The monoisotopic (exact) mass is 461 g/mol. The number of aryl methyl sites for hydroxylation is 1. The Labute approximate surface area is 205 Å². The van der Waals surface area contributed by atoms with Crippen molar-refractivity contribution in [2.75, 3.05) is 7.11 Å². The van der Waals surface area contributed by atoms with E-state index in [0.717, 1.165) is 44.5 Å². The highest BCUT2D eigenvalue weighted by atomic mass is 16.5. The van der Waals surface area contributed by atoms with Gasteiger partial charge in [0.15, 0.2) is 0 Å². The zero-order valence-electron chi connectivity index (χ0n) is 19.7. The molecule has 0 aliphatic heterocycles. The Morgan fingerprint density at radius 2 is 1.63 bits per heavy atom. The van der Waals surface area contributed by atoms with Gasteiger partial charge in [-0.1, -0.05) is 66.7 Å². The second-order valence-electron chi connectivity index (χ2n) is 8.50. The van der Waals surface area contributed by atoms with Crippen LogP contribution in [0.25, 0.3) is 33.2 Å². The SMILES string of the molecule is COC(=O)CCc1ccc(OCc2ccccc2-c2ccccc2)c(-c2ccc3[nH]ccc3c2)c1. The van der Waals surface area contributed by atoms with E-state index in [0.29, 0.717) is 19.4 Å². The van der Waals surface area contributed by atoms with Crippen molar-refractivity contribution in [1.29, 1.82) is 0 Å². The number of rotatable bonds is 8. The maximum Gasteiger partial charge on any atom is 0.305 e. The van der Waals surface area contributed by atoms with Crippen LogP contribution < -0.4 is 4.74 Å². The molecule has 0 saturated heterocycles. The van der Waals surface area contributed by atoms with Crippen LogP contribution in [0.5, 0.6) is 5.75 Å². The van der Waals surface area contributed by atoms with Gasteiger partial charge in [-0.25, -0.2) is 0 Å². The van der Waals surface area contributed by atoms with Crippen molar-refractivity contribution in [2.45, 2.75) is 19.4 Å². The molecule has 0 unspecified atom stereocenters. The van der Waals surface area contributed by atoms with Crippen LogP contribution in [0.3, 0.4) is 0 Å². The molecule has 0 saturated carbocycles. The smallest absolute Gasteiger partial charge is 0.305 e. The highest BCUT2D eigenvalue weighted by Crippen LogP contribution is 2.34. The topological polar surface area (TPSA) is 51.3 Å². The third-order valence-electron chi connectivity index (χ3n) is 6.24. The van der Waals surface area contributed by atoms with Crippen LogP contribution in [0.1, 0.15) is 17.5 Å². The molecule has 1 aromatic heterocycles. The lowest BCUT2D eigenvalue weighted by Crippen LogP contribution is -2.03. The molecule has 0 amide bonds. The molecule has 4 heteroatoms. The minimum Gasteiger partial charge on any atom is -0.488 e. The van der Waals surface area contributed by atoms with Crippen molar-refractivity contribution in [1.82, 2.24) is 4.98 Å². The van der Waals surface area contributed by atoms with E-state index >= 15 is 0 Å². The van der Waals surface area contributed by atoms with E-state index in [1.165, 1.54) is 12.7 Å². The van der Waals surface area contributed by atoms with Gasteiger partial charge in [0.05, 0.1) is 7.11 Å². The number of methoxy groups -OCH3 is 1. The lowest BCUT2D eigenvalue weighted by Gasteiger charge is -2.16. The Bertz CT molecular complexity index is 1450. The van der Waals surface area contributed by atoms with E-state index < -0.39 is 0 Å². The van der Waals surface area contributed by atoms with Crippen molar-refractivity contribution in [3.63, 3.8) is 0 Å². The summed E-state index contributed by atoms with van der Waals surface area (Å²) in [4.78, 5) is 14.9. The summed E-state index contributed by atoms with van der Waals surface area (Å²) in [5.74, 6) is 0.600. The number of nitrogens with one attached hydrogen (secondary N) is 1. The Morgan fingerprint density at radius 3 is 2.49 bits per heavy atom. The summed E-state index contributed by atoms with van der Waals surface area (Å²) in [7, 11) is 1.42. The van der Waals surface area contributed by atoms with Gasteiger partial charge < -0.3 is 14.5 Å². The molecule has 0 fully saturated rings. The first-order valence-corrected chi connectivity index (χ1v) is 11.7. The van der Waals surface area contributed by atoms with Crippen LogP contribution in [0.4, 0.5) is 0 Å². The molecule has 4 aromatic carbocycles. The Morgan fingerprint density at radius 1 is 0.800 bits per heavy atom. The predicted molar refractivity (Wildman–Crippen MR) is 140 cm³/mol. The first-order chi connectivity index (χ1) is 17.2. The minimum atomic E-state index is -0.210. The number of aromatic nitrogens is 1. The largest absolute Gasteiger partial charge is 0.488 e. The molecule has 0 aliphatic rings. The van der Waals surface area contributed by atoms with Crippen LogP contribution in [0.15, 0.2) is 103 Å². The Hall–Kier alpha value is -4.31. The molecule has 174 valence electrons. The lowest BCUT2D eigenvalue weighted by molar-refractivity contribution is -0.140. The molecule has 0 spiro atoms. The van der Waals surface area contributed by atoms with E-state index in [9.17, 15) is 4.79 Å². The van der Waals surface area contributed by atoms with E-state index in [4.69, 9.17) is 9.47 Å². The number of carbonyl (C=O) groups is 1. The van der Waals surface area contributed by atoms with Gasteiger partial charge in [-0.15, -0.1) is 0 Å². The number of hydrogen-bond donors (Lipinski definition) is 1. The number of carbonyl (C=O) groups excluding carboxylic acids is 1. The zero-order valence-corrected chi connectivity index (χ0v) is 19.7. The van der Waals surface area contributed by atoms with Crippen molar-refractivity contribution in [2.24, 2.45) is 0 Å². The van der Waals surface area contributed by atoms with E-state index in [1.54, 1.807) is 0 Å². The number of esters is 1. The zero-order chi connectivity index (χ0) is 24.0. The molecule has 0 aliphatic carbocycles. The first kappa shape index (κ1) is 22.5. The average molecular weight is 462 g/mol. The average Bonchev–Trinajstić information content (AvgIpc) is 3.39. The third-order valence-corrected chi connectivity index (χ3v) is 6.24. The maximum absolute atomic E-state index is 11.7. The van der Waals surface area contributed by atoms with Crippen LogP contribution in [0, 0.1) is 0 Å². The highest BCUT2D eigenvalue weighted by molar-refractivity contribution is 5.86. The van der Waals surface area contributed by atoms with Crippen LogP contribution in [-0.2, 0) is 22.6 Å². The van der Waals surface area contributed by atoms with Gasteiger partial charge in [0.2, 0.25) is 0 Å². The normalized spacial score (nSPS) is 10.9. The van der Waals surface area contributed by atoms with Gasteiger partial charge in [0.1, 0.15) is 12.4 Å². The van der Waals surface area contributed by atoms with Gasteiger partial charge in [-0.2, -0.15) is 0 Å². The summed E-state index contributed by atoms with van der Waals surface area (Å²) < 4.78 is 11.3. The summed E-state index contributed by atoms with van der Waals surface area (Å²) in [6, 6.07) is 33.3. The second-order valence-corrected chi connectivity index (χ2v) is 8.50. The molecule has 4 nitrogen and oxygen atoms in total. The van der Waals surface area contributed by atoms with E-state index in [1.807, 2.05) is 30.5 Å². The first-order valence-electron chi connectivity index (χ1n) is 11.7. The van der Waals surface area contributed by atoms with Crippen molar-refractivity contribution < 1.29 is 14.3 Å². The lowest BCUT2D eigenvalue weighted by atomic mass is 9.98. The predicted octanol–water partition coefficient (Wildman–Crippen LogP) is 7.19. The molecule has 5 aromatic rings. The molecule has 5 rings (SSSR count). The van der Waals surface area contributed by atoms with Gasteiger partial charge in [-0.3, -0.25) is 4.79 Å². The van der Waals surface area contributed by atoms with Gasteiger partial charge >= 0.3 is 5.97 Å². The fourth-order valence-electron chi connectivity index (χ4n) is 4.35. The van der Waals surface area contributed by atoms with Crippen LogP contribution in [0.2, 0.25) is 0 Å². The number of benzene rings is 4. The highest BCUT2D eigenvalue weighted by Gasteiger charge is 2.12. The minimum absolute atomic E-state index is 0.210. The maximum atomic E-state index is 11.7. The number of ether oxygens (including phenoxy) is 2. The van der Waals surface area contributed by atoms with E-state index in [-0.39, 0.29) is 5.97 Å². The van der Waals surface area contributed by atoms with Gasteiger partial charge in [0, 0.05) is 23.7 Å².